The molecule has 0 aliphatic heterocycles. The summed E-state index contributed by atoms with van der Waals surface area (Å²) < 4.78 is 2.14. The van der Waals surface area contributed by atoms with Crippen LogP contribution in [0.5, 0.6) is 0 Å². The van der Waals surface area contributed by atoms with Crippen LogP contribution in [0.2, 0.25) is 0 Å². The van der Waals surface area contributed by atoms with Crippen LogP contribution in [0.3, 0.4) is 0 Å². The van der Waals surface area contributed by atoms with Gasteiger partial charge in [-0.3, -0.25) is 4.68 Å². The molecule has 3 heteroatoms. The van der Waals surface area contributed by atoms with E-state index >= 15 is 0 Å². The molecule has 78 valence electrons. The Morgan fingerprint density at radius 2 is 2.29 bits per heavy atom. The van der Waals surface area contributed by atoms with Gasteiger partial charge >= 0.3 is 0 Å². The minimum atomic E-state index is 0.450. The Hall–Kier alpha value is -0.830. The Bertz CT molecular complexity index is 310. The molecule has 0 atom stereocenters. The second kappa shape index (κ2) is 3.73. The predicted molar refractivity (Wildman–Crippen MR) is 57.1 cm³/mol. The minimum Gasteiger partial charge on any atom is -0.325 e. The van der Waals surface area contributed by atoms with Gasteiger partial charge in [-0.2, -0.15) is 5.10 Å². The molecule has 0 aromatic carbocycles. The highest BCUT2D eigenvalue weighted by atomic mass is 15.3. The molecule has 1 aromatic heterocycles. The molecule has 3 nitrogen and oxygen atoms in total. The Morgan fingerprint density at radius 1 is 1.57 bits per heavy atom. The largest absolute Gasteiger partial charge is 0.325 e. The van der Waals surface area contributed by atoms with E-state index < -0.39 is 0 Å². The van der Waals surface area contributed by atoms with Crippen LogP contribution in [0.15, 0.2) is 6.07 Å². The van der Waals surface area contributed by atoms with Crippen molar-refractivity contribution >= 4 is 0 Å². The van der Waals surface area contributed by atoms with Crippen molar-refractivity contribution in [2.75, 3.05) is 0 Å². The van der Waals surface area contributed by atoms with Gasteiger partial charge in [0.2, 0.25) is 0 Å². The minimum absolute atomic E-state index is 0.450. The summed E-state index contributed by atoms with van der Waals surface area (Å²) in [5, 5.41) is 4.52. The van der Waals surface area contributed by atoms with Gasteiger partial charge in [0.05, 0.1) is 5.69 Å². The van der Waals surface area contributed by atoms with Gasteiger partial charge in [-0.15, -0.1) is 0 Å². The quantitative estimate of drug-likeness (QED) is 0.799. The summed E-state index contributed by atoms with van der Waals surface area (Å²) in [4.78, 5) is 0. The molecule has 1 aliphatic carbocycles. The second-order valence-electron chi connectivity index (χ2n) is 4.43. The number of rotatable bonds is 3. The molecule has 1 fully saturated rings. The van der Waals surface area contributed by atoms with E-state index in [1.54, 1.807) is 0 Å². The first-order valence-electron chi connectivity index (χ1n) is 5.50. The van der Waals surface area contributed by atoms with Crippen LogP contribution in [-0.2, 0) is 6.54 Å². The van der Waals surface area contributed by atoms with E-state index in [0.29, 0.717) is 12.6 Å². The lowest BCUT2D eigenvalue weighted by Gasteiger charge is -2.27. The number of aromatic nitrogens is 2. The van der Waals surface area contributed by atoms with Crippen molar-refractivity contribution in [2.24, 2.45) is 5.73 Å². The number of nitrogens with zero attached hydrogens (tertiary/aromatic N) is 2. The van der Waals surface area contributed by atoms with Crippen molar-refractivity contribution in [3.05, 3.63) is 17.5 Å². The van der Waals surface area contributed by atoms with Crippen LogP contribution in [0.25, 0.3) is 0 Å². The van der Waals surface area contributed by atoms with Gasteiger partial charge in [0.15, 0.2) is 0 Å². The normalized spacial score (nSPS) is 17.4. The van der Waals surface area contributed by atoms with Gasteiger partial charge in [-0.25, -0.2) is 0 Å². The number of hydrogen-bond donors (Lipinski definition) is 1. The molecule has 2 rings (SSSR count). The summed E-state index contributed by atoms with van der Waals surface area (Å²) >= 11 is 0. The first-order chi connectivity index (χ1) is 6.72. The van der Waals surface area contributed by atoms with Gasteiger partial charge < -0.3 is 5.73 Å². The van der Waals surface area contributed by atoms with E-state index in [9.17, 15) is 0 Å². The van der Waals surface area contributed by atoms with Crippen LogP contribution < -0.4 is 5.73 Å². The van der Waals surface area contributed by atoms with Crippen molar-refractivity contribution in [1.29, 1.82) is 0 Å². The highest BCUT2D eigenvalue weighted by Crippen LogP contribution is 2.37. The van der Waals surface area contributed by atoms with Crippen molar-refractivity contribution < 1.29 is 0 Å². The molecule has 0 saturated heterocycles. The van der Waals surface area contributed by atoms with Crippen LogP contribution >= 0.6 is 0 Å². The summed E-state index contributed by atoms with van der Waals surface area (Å²) in [6, 6.07) is 2.63. The van der Waals surface area contributed by atoms with Crippen molar-refractivity contribution in [3.8, 4) is 0 Å². The van der Waals surface area contributed by atoms with Crippen LogP contribution in [0.1, 0.15) is 56.5 Å². The van der Waals surface area contributed by atoms with E-state index in [1.165, 1.54) is 25.0 Å². The molecule has 0 bridgehead atoms. The number of hydrogen-bond acceptors (Lipinski definition) is 2. The lowest BCUT2D eigenvalue weighted by atomic mass is 9.82. The topological polar surface area (TPSA) is 43.8 Å². The summed E-state index contributed by atoms with van der Waals surface area (Å²) in [6.45, 7) is 4.91. The zero-order chi connectivity index (χ0) is 10.1. The molecule has 14 heavy (non-hydrogen) atoms. The molecule has 1 saturated carbocycles. The van der Waals surface area contributed by atoms with Crippen LogP contribution in [-0.4, -0.2) is 9.78 Å². The SMILES string of the molecule is CC(C)n1nc(CN)cc1C1CCC1. The smallest absolute Gasteiger partial charge is 0.0763 e. The summed E-state index contributed by atoms with van der Waals surface area (Å²) in [6.07, 6.45) is 4.01. The highest BCUT2D eigenvalue weighted by Gasteiger charge is 2.24. The maximum Gasteiger partial charge on any atom is 0.0763 e. The Balaban J connectivity index is 2.30. The molecule has 0 unspecified atom stereocenters. The van der Waals surface area contributed by atoms with Crippen LogP contribution in [0.4, 0.5) is 0 Å². The average Bonchev–Trinajstić information content (AvgIpc) is 2.45. The van der Waals surface area contributed by atoms with Crippen LogP contribution in [0, 0.1) is 0 Å². The van der Waals surface area contributed by atoms with Gasteiger partial charge in [-0.05, 0) is 32.8 Å². The molecule has 0 radical (unpaired) electrons. The fourth-order valence-corrected chi connectivity index (χ4v) is 1.98. The number of nitrogens with two attached hydrogens (primary N) is 1. The molecular weight excluding hydrogens is 174 g/mol. The molecule has 1 aliphatic rings. The maximum absolute atomic E-state index is 5.62. The summed E-state index contributed by atoms with van der Waals surface area (Å²) in [5.74, 6) is 0.741. The standard InChI is InChI=1S/C11H19N3/c1-8(2)14-11(9-4-3-5-9)6-10(7-12)13-14/h6,8-9H,3-5,7,12H2,1-2H3. The third kappa shape index (κ3) is 1.57. The first-order valence-corrected chi connectivity index (χ1v) is 5.50. The fourth-order valence-electron chi connectivity index (χ4n) is 1.98. The summed E-state index contributed by atoms with van der Waals surface area (Å²) in [5.41, 5.74) is 8.04. The fraction of sp³-hybridized carbons (Fsp3) is 0.727. The lowest BCUT2D eigenvalue weighted by Crippen LogP contribution is -2.16. The zero-order valence-electron chi connectivity index (χ0n) is 9.03. The molecule has 1 aromatic rings. The molecular formula is C11H19N3. The Kier molecular flexibility index (Phi) is 2.59. The highest BCUT2D eigenvalue weighted by molar-refractivity contribution is 5.17. The summed E-state index contributed by atoms with van der Waals surface area (Å²) in [7, 11) is 0. The third-order valence-corrected chi connectivity index (χ3v) is 3.04. The Morgan fingerprint density at radius 3 is 2.71 bits per heavy atom. The van der Waals surface area contributed by atoms with Crippen molar-refractivity contribution in [2.45, 2.75) is 51.6 Å². The maximum atomic E-state index is 5.62. The van der Waals surface area contributed by atoms with E-state index in [1.807, 2.05) is 0 Å². The molecule has 2 N–H and O–H groups in total. The van der Waals surface area contributed by atoms with E-state index in [0.717, 1.165) is 11.6 Å². The van der Waals surface area contributed by atoms with E-state index in [-0.39, 0.29) is 0 Å². The van der Waals surface area contributed by atoms with Crippen molar-refractivity contribution in [3.63, 3.8) is 0 Å². The van der Waals surface area contributed by atoms with E-state index in [2.05, 4.69) is 29.7 Å². The average molecular weight is 193 g/mol. The van der Waals surface area contributed by atoms with Gasteiger partial charge in [-0.1, -0.05) is 6.42 Å². The van der Waals surface area contributed by atoms with Gasteiger partial charge in [0, 0.05) is 24.2 Å². The third-order valence-electron chi connectivity index (χ3n) is 3.04. The van der Waals surface area contributed by atoms with Gasteiger partial charge in [0.1, 0.15) is 0 Å². The monoisotopic (exact) mass is 193 g/mol. The predicted octanol–water partition coefficient (Wildman–Crippen LogP) is 2.19. The first kappa shape index (κ1) is 9.71. The molecule has 1 heterocycles. The molecule has 0 spiro atoms. The Labute approximate surface area is 85.3 Å². The zero-order valence-corrected chi connectivity index (χ0v) is 9.03. The molecule has 0 amide bonds. The van der Waals surface area contributed by atoms with E-state index in [4.69, 9.17) is 5.73 Å². The lowest BCUT2D eigenvalue weighted by molar-refractivity contribution is 0.375. The van der Waals surface area contributed by atoms with Crippen molar-refractivity contribution in [1.82, 2.24) is 9.78 Å². The van der Waals surface area contributed by atoms with Gasteiger partial charge in [0.25, 0.3) is 0 Å². The second-order valence-corrected chi connectivity index (χ2v) is 4.43.